The minimum Gasteiger partial charge on any atom is -0.468 e. The summed E-state index contributed by atoms with van der Waals surface area (Å²) in [6.07, 6.45) is 1.35. The Labute approximate surface area is 114 Å². The quantitative estimate of drug-likeness (QED) is 0.728. The van der Waals surface area contributed by atoms with Crippen LogP contribution in [0, 0.1) is 5.92 Å². The van der Waals surface area contributed by atoms with E-state index in [1.54, 1.807) is 0 Å². The molecule has 1 unspecified atom stereocenters. The van der Waals surface area contributed by atoms with Crippen LogP contribution in [0.15, 0.2) is 0 Å². The van der Waals surface area contributed by atoms with Crippen LogP contribution >= 0.6 is 0 Å². The fraction of sp³-hybridized carbons (Fsp3) is 0.917. The van der Waals surface area contributed by atoms with Gasteiger partial charge < -0.3 is 9.47 Å². The highest BCUT2D eigenvalue weighted by Gasteiger charge is 2.32. The molecule has 0 aromatic rings. The van der Waals surface area contributed by atoms with Gasteiger partial charge in [-0.3, -0.25) is 4.79 Å². The zero-order valence-corrected chi connectivity index (χ0v) is 12.5. The smallest absolute Gasteiger partial charge is 0.323 e. The number of methoxy groups -OCH3 is 1. The second-order valence-corrected chi connectivity index (χ2v) is 7.17. The Kier molecular flexibility index (Phi) is 6.22. The molecule has 19 heavy (non-hydrogen) atoms. The zero-order valence-electron chi connectivity index (χ0n) is 11.7. The maximum absolute atomic E-state index is 12.2. The number of nitrogens with one attached hydrogen (secondary N) is 1. The van der Waals surface area contributed by atoms with Gasteiger partial charge in [-0.25, -0.2) is 13.1 Å². The molecule has 6 nitrogen and oxygen atoms in total. The minimum absolute atomic E-state index is 0.196. The van der Waals surface area contributed by atoms with Crippen molar-refractivity contribution in [3.05, 3.63) is 0 Å². The summed E-state index contributed by atoms with van der Waals surface area (Å²) in [6, 6.07) is -0.808. The van der Waals surface area contributed by atoms with Gasteiger partial charge in [0.25, 0.3) is 0 Å². The van der Waals surface area contributed by atoms with Gasteiger partial charge in [-0.2, -0.15) is 0 Å². The summed E-state index contributed by atoms with van der Waals surface area (Å²) in [5.41, 5.74) is 0. The molecule has 1 aliphatic heterocycles. The van der Waals surface area contributed by atoms with Gasteiger partial charge in [0, 0.05) is 13.2 Å². The number of sulfonamides is 1. The van der Waals surface area contributed by atoms with E-state index in [0.717, 1.165) is 0 Å². The molecule has 0 bridgehead atoms. The average Bonchev–Trinajstić information content (AvgIpc) is 2.37. The number of carbonyl (C=O) groups is 1. The summed E-state index contributed by atoms with van der Waals surface area (Å²) in [7, 11) is -2.25. The summed E-state index contributed by atoms with van der Waals surface area (Å²) in [5, 5.41) is -0.486. The lowest BCUT2D eigenvalue weighted by molar-refractivity contribution is -0.143. The summed E-state index contributed by atoms with van der Waals surface area (Å²) in [6.45, 7) is 4.74. The Morgan fingerprint density at radius 1 is 1.37 bits per heavy atom. The summed E-state index contributed by atoms with van der Waals surface area (Å²) in [4.78, 5) is 11.6. The predicted molar refractivity (Wildman–Crippen MR) is 71.2 cm³/mol. The molecule has 0 aromatic carbocycles. The molecule has 7 heteroatoms. The molecule has 0 saturated carbocycles. The fourth-order valence-electron chi connectivity index (χ4n) is 2.09. The van der Waals surface area contributed by atoms with Gasteiger partial charge in [-0.05, 0) is 25.2 Å². The largest absolute Gasteiger partial charge is 0.468 e. The van der Waals surface area contributed by atoms with Crippen LogP contribution in [-0.2, 0) is 24.3 Å². The minimum atomic E-state index is -3.51. The standard InChI is InChI=1S/C12H23NO5S/c1-9(2)8-11(12(14)17-3)13-19(15,16)10-4-6-18-7-5-10/h9-11,13H,4-8H2,1-3H3. The average molecular weight is 293 g/mol. The van der Waals surface area contributed by atoms with E-state index in [0.29, 0.717) is 32.5 Å². The number of ether oxygens (including phenoxy) is 2. The van der Waals surface area contributed by atoms with Gasteiger partial charge in [-0.15, -0.1) is 0 Å². The first-order chi connectivity index (χ1) is 8.86. The van der Waals surface area contributed by atoms with Crippen molar-refractivity contribution in [3.63, 3.8) is 0 Å². The predicted octanol–water partition coefficient (Wildman–Crippen LogP) is 0.673. The van der Waals surface area contributed by atoms with E-state index in [9.17, 15) is 13.2 Å². The first-order valence-electron chi connectivity index (χ1n) is 6.53. The van der Waals surface area contributed by atoms with Crippen LogP contribution in [0.3, 0.4) is 0 Å². The van der Waals surface area contributed by atoms with Crippen LogP contribution in [0.1, 0.15) is 33.1 Å². The topological polar surface area (TPSA) is 81.7 Å². The van der Waals surface area contributed by atoms with Crippen LogP contribution in [0.25, 0.3) is 0 Å². The number of rotatable bonds is 6. The third kappa shape index (κ3) is 5.08. The molecule has 0 aromatic heterocycles. The summed E-state index contributed by atoms with van der Waals surface area (Å²) in [5.74, 6) is -0.342. The van der Waals surface area contributed by atoms with Crippen molar-refractivity contribution in [1.29, 1.82) is 0 Å². The van der Waals surface area contributed by atoms with E-state index in [1.165, 1.54) is 7.11 Å². The lowest BCUT2D eigenvalue weighted by Gasteiger charge is -2.25. The lowest BCUT2D eigenvalue weighted by atomic mass is 10.1. The normalized spacial score (nSPS) is 19.4. The van der Waals surface area contributed by atoms with Crippen molar-refractivity contribution in [3.8, 4) is 0 Å². The second kappa shape index (κ2) is 7.21. The van der Waals surface area contributed by atoms with Gasteiger partial charge in [0.05, 0.1) is 12.4 Å². The van der Waals surface area contributed by atoms with E-state index in [1.807, 2.05) is 13.8 Å². The van der Waals surface area contributed by atoms with E-state index in [-0.39, 0.29) is 5.92 Å². The molecule has 1 rings (SSSR count). The Hall–Kier alpha value is -0.660. The molecule has 0 spiro atoms. The Morgan fingerprint density at radius 2 is 1.95 bits per heavy atom. The van der Waals surface area contributed by atoms with Crippen LogP contribution in [0.4, 0.5) is 0 Å². The van der Waals surface area contributed by atoms with Crippen molar-refractivity contribution in [2.45, 2.75) is 44.4 Å². The van der Waals surface area contributed by atoms with Gasteiger partial charge in [0.1, 0.15) is 6.04 Å². The molecule has 1 aliphatic rings. The molecule has 1 saturated heterocycles. The Bertz CT molecular complexity index is 387. The molecule has 1 N–H and O–H groups in total. The molecule has 1 fully saturated rings. The first kappa shape index (κ1) is 16.4. The summed E-state index contributed by atoms with van der Waals surface area (Å²) < 4.78 is 36.7. The fourth-order valence-corrected chi connectivity index (χ4v) is 3.68. The van der Waals surface area contributed by atoms with E-state index < -0.39 is 27.3 Å². The zero-order chi connectivity index (χ0) is 14.5. The van der Waals surface area contributed by atoms with Crippen molar-refractivity contribution < 1.29 is 22.7 Å². The van der Waals surface area contributed by atoms with Gasteiger partial charge >= 0.3 is 5.97 Å². The number of esters is 1. The molecular formula is C12H23NO5S. The maximum Gasteiger partial charge on any atom is 0.323 e. The Morgan fingerprint density at radius 3 is 2.42 bits per heavy atom. The van der Waals surface area contributed by atoms with Crippen molar-refractivity contribution in [2.75, 3.05) is 20.3 Å². The van der Waals surface area contributed by atoms with Crippen molar-refractivity contribution in [2.24, 2.45) is 5.92 Å². The molecule has 1 heterocycles. The molecule has 0 aliphatic carbocycles. The van der Waals surface area contributed by atoms with Gasteiger partial charge in [0.15, 0.2) is 0 Å². The molecule has 0 amide bonds. The SMILES string of the molecule is COC(=O)C(CC(C)C)NS(=O)(=O)C1CCOCC1. The highest BCUT2D eigenvalue weighted by Crippen LogP contribution is 2.17. The van der Waals surface area contributed by atoms with Crippen molar-refractivity contribution >= 4 is 16.0 Å². The molecule has 112 valence electrons. The van der Waals surface area contributed by atoms with Crippen LogP contribution in [0.5, 0.6) is 0 Å². The van der Waals surface area contributed by atoms with Gasteiger partial charge in [0.2, 0.25) is 10.0 Å². The van der Waals surface area contributed by atoms with Crippen LogP contribution in [-0.4, -0.2) is 46.0 Å². The van der Waals surface area contributed by atoms with E-state index >= 15 is 0 Å². The van der Waals surface area contributed by atoms with Gasteiger partial charge in [-0.1, -0.05) is 13.8 Å². The lowest BCUT2D eigenvalue weighted by Crippen LogP contribution is -2.47. The molecule has 0 radical (unpaired) electrons. The Balaban J connectivity index is 2.73. The molecule has 1 atom stereocenters. The highest BCUT2D eigenvalue weighted by molar-refractivity contribution is 7.90. The third-order valence-electron chi connectivity index (χ3n) is 3.11. The molecular weight excluding hydrogens is 270 g/mol. The number of hydrogen-bond acceptors (Lipinski definition) is 5. The maximum atomic E-state index is 12.2. The summed E-state index contributed by atoms with van der Waals surface area (Å²) >= 11 is 0. The van der Waals surface area contributed by atoms with E-state index in [4.69, 9.17) is 4.74 Å². The van der Waals surface area contributed by atoms with E-state index in [2.05, 4.69) is 9.46 Å². The highest BCUT2D eigenvalue weighted by atomic mass is 32.2. The monoisotopic (exact) mass is 293 g/mol. The van der Waals surface area contributed by atoms with Crippen LogP contribution in [0.2, 0.25) is 0 Å². The van der Waals surface area contributed by atoms with Crippen LogP contribution < -0.4 is 4.72 Å². The third-order valence-corrected chi connectivity index (χ3v) is 5.07. The first-order valence-corrected chi connectivity index (χ1v) is 8.08. The second-order valence-electron chi connectivity index (χ2n) is 5.18. The van der Waals surface area contributed by atoms with Crippen molar-refractivity contribution in [1.82, 2.24) is 4.72 Å². The number of hydrogen-bond donors (Lipinski definition) is 1. The number of carbonyl (C=O) groups excluding carboxylic acids is 1.